The predicted molar refractivity (Wildman–Crippen MR) is 94.6 cm³/mol. The molecule has 2 aliphatic rings. The normalized spacial score (nSPS) is 25.6. The van der Waals surface area contributed by atoms with Gasteiger partial charge in [-0.15, -0.1) is 0 Å². The van der Waals surface area contributed by atoms with E-state index in [-0.39, 0.29) is 23.9 Å². The molecule has 0 radical (unpaired) electrons. The van der Waals surface area contributed by atoms with Gasteiger partial charge in [0.1, 0.15) is 0 Å². The quantitative estimate of drug-likeness (QED) is 0.805. The van der Waals surface area contributed by atoms with Crippen LogP contribution in [0.2, 0.25) is 0 Å². The molecule has 2 aromatic rings. The van der Waals surface area contributed by atoms with E-state index < -0.39 is 0 Å². The zero-order valence-electron chi connectivity index (χ0n) is 13.6. The maximum absolute atomic E-state index is 13.0. The Kier molecular flexibility index (Phi) is 4.32. The molecule has 4 heteroatoms. The van der Waals surface area contributed by atoms with Crippen LogP contribution >= 0.6 is 0 Å². The van der Waals surface area contributed by atoms with Crippen LogP contribution in [0.15, 0.2) is 60.7 Å². The molecule has 0 spiro atoms. The molecular weight excluding hydrogens is 298 g/mol. The molecule has 0 aromatic heterocycles. The molecule has 1 amide bonds. The van der Waals surface area contributed by atoms with Crippen LogP contribution in [0.5, 0.6) is 0 Å². The van der Waals surface area contributed by atoms with Crippen LogP contribution in [0.1, 0.15) is 23.6 Å². The summed E-state index contributed by atoms with van der Waals surface area (Å²) in [4.78, 5) is 13.0. The summed E-state index contributed by atoms with van der Waals surface area (Å²) in [6.45, 7) is 1.75. The van der Waals surface area contributed by atoms with Crippen molar-refractivity contribution in [2.75, 3.05) is 13.1 Å². The van der Waals surface area contributed by atoms with Gasteiger partial charge in [0.05, 0.1) is 12.0 Å². The smallest absolute Gasteiger partial charge is 0.226 e. The highest BCUT2D eigenvalue weighted by molar-refractivity contribution is 5.81. The molecule has 2 heterocycles. The van der Waals surface area contributed by atoms with Crippen molar-refractivity contribution in [2.24, 2.45) is 5.92 Å². The van der Waals surface area contributed by atoms with Crippen molar-refractivity contribution >= 4 is 5.91 Å². The van der Waals surface area contributed by atoms with E-state index in [4.69, 9.17) is 0 Å². The first-order valence-electron chi connectivity index (χ1n) is 8.70. The van der Waals surface area contributed by atoms with E-state index in [1.165, 1.54) is 0 Å². The first-order chi connectivity index (χ1) is 11.8. The van der Waals surface area contributed by atoms with Gasteiger partial charge in [0.2, 0.25) is 5.91 Å². The zero-order chi connectivity index (χ0) is 16.4. The average Bonchev–Trinajstić information content (AvgIpc) is 3.24. The maximum Gasteiger partial charge on any atom is 0.226 e. The minimum atomic E-state index is -0.111. The van der Waals surface area contributed by atoms with Crippen molar-refractivity contribution < 1.29 is 4.79 Å². The van der Waals surface area contributed by atoms with Crippen LogP contribution in [0.4, 0.5) is 0 Å². The SMILES string of the molecule is O=C(NC(c1ccccc1)c1ccccc1)C1CNC2CCNC21. The lowest BCUT2D eigenvalue weighted by Gasteiger charge is -2.24. The number of hydrogen-bond donors (Lipinski definition) is 3. The second-order valence-electron chi connectivity index (χ2n) is 6.65. The van der Waals surface area contributed by atoms with Gasteiger partial charge in [0.25, 0.3) is 0 Å². The van der Waals surface area contributed by atoms with E-state index in [0.29, 0.717) is 6.04 Å². The number of fused-ring (bicyclic) bond motifs is 1. The number of amides is 1. The van der Waals surface area contributed by atoms with Gasteiger partial charge in [-0.3, -0.25) is 4.79 Å². The molecule has 0 aliphatic carbocycles. The van der Waals surface area contributed by atoms with Crippen LogP contribution in [0.3, 0.4) is 0 Å². The second-order valence-corrected chi connectivity index (χ2v) is 6.65. The number of rotatable bonds is 4. The Bertz CT molecular complexity index is 649. The van der Waals surface area contributed by atoms with Crippen molar-refractivity contribution in [3.63, 3.8) is 0 Å². The van der Waals surface area contributed by atoms with E-state index in [1.807, 2.05) is 36.4 Å². The highest BCUT2D eigenvalue weighted by Crippen LogP contribution is 2.26. The molecule has 3 atom stereocenters. The molecule has 24 heavy (non-hydrogen) atoms. The van der Waals surface area contributed by atoms with E-state index in [0.717, 1.165) is 30.6 Å². The summed E-state index contributed by atoms with van der Waals surface area (Å²) in [7, 11) is 0. The van der Waals surface area contributed by atoms with Crippen LogP contribution < -0.4 is 16.0 Å². The molecule has 2 saturated heterocycles. The first kappa shape index (κ1) is 15.4. The molecule has 0 bridgehead atoms. The van der Waals surface area contributed by atoms with Crippen LogP contribution in [0.25, 0.3) is 0 Å². The Morgan fingerprint density at radius 3 is 2.21 bits per heavy atom. The molecular formula is C20H23N3O. The lowest BCUT2D eigenvalue weighted by atomic mass is 9.95. The summed E-state index contributed by atoms with van der Waals surface area (Å²) >= 11 is 0. The van der Waals surface area contributed by atoms with Gasteiger partial charge in [-0.05, 0) is 24.1 Å². The lowest BCUT2D eigenvalue weighted by Crippen LogP contribution is -2.44. The summed E-state index contributed by atoms with van der Waals surface area (Å²) in [6, 6.07) is 20.9. The van der Waals surface area contributed by atoms with E-state index in [2.05, 4.69) is 40.2 Å². The molecule has 2 fully saturated rings. The first-order valence-corrected chi connectivity index (χ1v) is 8.70. The van der Waals surface area contributed by atoms with Gasteiger partial charge in [0.15, 0.2) is 0 Å². The molecule has 124 valence electrons. The highest BCUT2D eigenvalue weighted by Gasteiger charge is 2.42. The number of carbonyl (C=O) groups excluding carboxylic acids is 1. The van der Waals surface area contributed by atoms with Crippen molar-refractivity contribution in [3.8, 4) is 0 Å². The topological polar surface area (TPSA) is 53.2 Å². The standard InChI is InChI=1S/C20H23N3O/c24-20(16-13-22-17-11-12-21-19(16)17)23-18(14-7-3-1-4-8-14)15-9-5-2-6-10-15/h1-10,16-19,21-22H,11-13H2,(H,23,24). The van der Waals surface area contributed by atoms with Gasteiger partial charge in [-0.2, -0.15) is 0 Å². The Morgan fingerprint density at radius 2 is 1.58 bits per heavy atom. The zero-order valence-corrected chi connectivity index (χ0v) is 13.6. The van der Waals surface area contributed by atoms with Gasteiger partial charge >= 0.3 is 0 Å². The second kappa shape index (κ2) is 6.75. The highest BCUT2D eigenvalue weighted by atomic mass is 16.2. The summed E-state index contributed by atoms with van der Waals surface area (Å²) in [5.41, 5.74) is 2.22. The summed E-state index contributed by atoms with van der Waals surface area (Å²) in [5, 5.41) is 10.2. The minimum Gasteiger partial charge on any atom is -0.345 e. The van der Waals surface area contributed by atoms with Gasteiger partial charge in [0, 0.05) is 18.6 Å². The Labute approximate surface area is 142 Å². The molecule has 0 saturated carbocycles. The van der Waals surface area contributed by atoms with E-state index in [9.17, 15) is 4.79 Å². The number of benzene rings is 2. The molecule has 3 N–H and O–H groups in total. The monoisotopic (exact) mass is 321 g/mol. The number of hydrogen-bond acceptors (Lipinski definition) is 3. The molecule has 4 nitrogen and oxygen atoms in total. The number of carbonyl (C=O) groups is 1. The van der Waals surface area contributed by atoms with E-state index in [1.54, 1.807) is 0 Å². The van der Waals surface area contributed by atoms with Gasteiger partial charge < -0.3 is 16.0 Å². The van der Waals surface area contributed by atoms with Crippen molar-refractivity contribution in [3.05, 3.63) is 71.8 Å². The number of nitrogens with one attached hydrogen (secondary N) is 3. The Hall–Kier alpha value is -2.17. The summed E-state index contributed by atoms with van der Waals surface area (Å²) in [6.07, 6.45) is 1.11. The Morgan fingerprint density at radius 1 is 0.958 bits per heavy atom. The third-order valence-electron chi connectivity index (χ3n) is 5.19. The molecule has 2 aliphatic heterocycles. The third kappa shape index (κ3) is 2.95. The molecule has 3 unspecified atom stereocenters. The van der Waals surface area contributed by atoms with E-state index >= 15 is 0 Å². The molecule has 4 rings (SSSR count). The lowest BCUT2D eigenvalue weighted by molar-refractivity contribution is -0.125. The fourth-order valence-electron chi connectivity index (χ4n) is 3.94. The Balaban J connectivity index is 1.57. The fraction of sp³-hybridized carbons (Fsp3) is 0.350. The van der Waals surface area contributed by atoms with Crippen molar-refractivity contribution in [1.82, 2.24) is 16.0 Å². The molecule has 2 aromatic carbocycles. The average molecular weight is 321 g/mol. The van der Waals surface area contributed by atoms with Crippen molar-refractivity contribution in [1.29, 1.82) is 0 Å². The maximum atomic E-state index is 13.0. The van der Waals surface area contributed by atoms with Gasteiger partial charge in [-0.25, -0.2) is 0 Å². The third-order valence-corrected chi connectivity index (χ3v) is 5.19. The van der Waals surface area contributed by atoms with Crippen molar-refractivity contribution in [2.45, 2.75) is 24.5 Å². The van der Waals surface area contributed by atoms with Crippen LogP contribution in [-0.4, -0.2) is 31.1 Å². The fourth-order valence-corrected chi connectivity index (χ4v) is 3.94. The summed E-state index contributed by atoms with van der Waals surface area (Å²) < 4.78 is 0. The minimum absolute atomic E-state index is 0.00701. The predicted octanol–water partition coefficient (Wildman–Crippen LogP) is 1.84. The van der Waals surface area contributed by atoms with Crippen LogP contribution in [0, 0.1) is 5.92 Å². The van der Waals surface area contributed by atoms with Crippen LogP contribution in [-0.2, 0) is 4.79 Å². The summed E-state index contributed by atoms with van der Waals surface area (Å²) in [5.74, 6) is 0.120. The largest absolute Gasteiger partial charge is 0.345 e. The van der Waals surface area contributed by atoms with Gasteiger partial charge in [-0.1, -0.05) is 60.7 Å².